The molecule has 0 fully saturated rings. The van der Waals surface area contributed by atoms with Crippen molar-refractivity contribution in [1.82, 2.24) is 0 Å². The second-order valence-corrected chi connectivity index (χ2v) is 4.56. The zero-order valence-electron chi connectivity index (χ0n) is 11.9. The van der Waals surface area contributed by atoms with E-state index in [2.05, 4.69) is 12.1 Å². The fourth-order valence-corrected chi connectivity index (χ4v) is 1.81. The highest BCUT2D eigenvalue weighted by Gasteiger charge is 2.16. The molecule has 0 bridgehead atoms. The smallest absolute Gasteiger partial charge is 0.361 e. The van der Waals surface area contributed by atoms with Gasteiger partial charge in [0.2, 0.25) is 0 Å². The van der Waals surface area contributed by atoms with Crippen LogP contribution in [0, 0.1) is 0 Å². The van der Waals surface area contributed by atoms with Gasteiger partial charge in [-0.2, -0.15) is 0 Å². The first-order valence-corrected chi connectivity index (χ1v) is 7.20. The number of alkyl halides is 1. The Morgan fingerprint density at radius 1 is 1.25 bits per heavy atom. The number of esters is 1. The van der Waals surface area contributed by atoms with Crippen LogP contribution in [0.4, 0.5) is 0 Å². The molecule has 1 aromatic carbocycles. The normalized spacial score (nSPS) is 11.2. The van der Waals surface area contributed by atoms with E-state index in [1.165, 1.54) is 7.11 Å². The molecule has 0 unspecified atom stereocenters. The Hall–Kier alpha value is -1.55. The van der Waals surface area contributed by atoms with Crippen molar-refractivity contribution in [3.05, 3.63) is 35.4 Å². The van der Waals surface area contributed by atoms with Crippen LogP contribution < -0.4 is 0 Å². The lowest BCUT2D eigenvalue weighted by Gasteiger charge is -2.07. The van der Waals surface area contributed by atoms with Crippen LogP contribution >= 0.6 is 11.6 Å². The van der Waals surface area contributed by atoms with Gasteiger partial charge in [0.05, 0.1) is 6.61 Å². The number of hydrogen-bond acceptors (Lipinski definition) is 4. The molecule has 0 aliphatic carbocycles. The lowest BCUT2D eigenvalue weighted by Crippen LogP contribution is -2.20. The number of oxime groups is 1. The Kier molecular flexibility index (Phi) is 7.73. The summed E-state index contributed by atoms with van der Waals surface area (Å²) in [6.45, 7) is 2.49. The summed E-state index contributed by atoms with van der Waals surface area (Å²) >= 11 is 5.73. The summed E-state index contributed by atoms with van der Waals surface area (Å²) < 4.78 is 5.19. The number of carbonyl (C=O) groups excluding carboxylic acids is 1. The van der Waals surface area contributed by atoms with Gasteiger partial charge in [-0.3, -0.25) is 0 Å². The molecule has 0 aliphatic heterocycles. The molecule has 0 N–H and O–H groups in total. The van der Waals surface area contributed by atoms with Crippen LogP contribution in [0.1, 0.15) is 37.3 Å². The molecule has 0 spiro atoms. The average Bonchev–Trinajstić information content (AvgIpc) is 2.49. The lowest BCUT2D eigenvalue weighted by atomic mass is 10.1. The molecule has 0 aromatic heterocycles. The zero-order chi connectivity index (χ0) is 14.8. The summed E-state index contributed by atoms with van der Waals surface area (Å²) in [5, 5.41) is 3.76. The number of carbonyl (C=O) groups is 1. The number of halogens is 1. The molecular formula is C15H20ClNO3. The minimum atomic E-state index is -0.471. The molecule has 1 rings (SSSR count). The van der Waals surface area contributed by atoms with E-state index in [0.29, 0.717) is 18.1 Å². The molecule has 0 saturated heterocycles. The van der Waals surface area contributed by atoms with Gasteiger partial charge in [0.25, 0.3) is 0 Å². The number of hydrogen-bond donors (Lipinski definition) is 0. The predicted molar refractivity (Wildman–Crippen MR) is 80.0 cm³/mol. The maximum Gasteiger partial charge on any atom is 0.361 e. The minimum Gasteiger partial charge on any atom is -0.461 e. The van der Waals surface area contributed by atoms with Gasteiger partial charge in [-0.05, 0) is 12.0 Å². The van der Waals surface area contributed by atoms with Crippen molar-refractivity contribution in [2.75, 3.05) is 13.7 Å². The van der Waals surface area contributed by atoms with Crippen molar-refractivity contribution < 1.29 is 14.4 Å². The number of rotatable bonds is 8. The standard InChI is InChI=1S/C15H20ClNO3/c1-3-4-5-10-20-15(18)14(17-19-2)13-8-6-12(11-16)7-9-13/h6-9H,3-5,10-11H2,1-2H3/b17-14+. The zero-order valence-corrected chi connectivity index (χ0v) is 12.7. The van der Waals surface area contributed by atoms with E-state index < -0.39 is 5.97 Å². The Balaban J connectivity index is 2.72. The van der Waals surface area contributed by atoms with Gasteiger partial charge >= 0.3 is 5.97 Å². The average molecular weight is 298 g/mol. The predicted octanol–water partition coefficient (Wildman–Crippen LogP) is 3.51. The highest BCUT2D eigenvalue weighted by atomic mass is 35.5. The van der Waals surface area contributed by atoms with Crippen molar-refractivity contribution in [1.29, 1.82) is 0 Å². The Morgan fingerprint density at radius 3 is 2.50 bits per heavy atom. The summed E-state index contributed by atoms with van der Waals surface area (Å²) in [7, 11) is 1.40. The quantitative estimate of drug-likeness (QED) is 0.242. The third kappa shape index (κ3) is 5.21. The second kappa shape index (κ2) is 9.37. The molecule has 1 aromatic rings. The Bertz CT molecular complexity index is 443. The summed E-state index contributed by atoms with van der Waals surface area (Å²) in [6.07, 6.45) is 2.97. The Labute approximate surface area is 124 Å². The molecule has 0 saturated carbocycles. The summed E-state index contributed by atoms with van der Waals surface area (Å²) in [5.74, 6) is -0.0417. The van der Waals surface area contributed by atoms with Crippen LogP contribution in [0.5, 0.6) is 0 Å². The van der Waals surface area contributed by atoms with Gasteiger partial charge in [0.15, 0.2) is 5.71 Å². The fraction of sp³-hybridized carbons (Fsp3) is 0.467. The molecule has 0 amide bonds. The van der Waals surface area contributed by atoms with Gasteiger partial charge < -0.3 is 9.57 Å². The number of unbranched alkanes of at least 4 members (excludes halogenated alkanes) is 2. The van der Waals surface area contributed by atoms with E-state index in [-0.39, 0.29) is 5.71 Å². The lowest BCUT2D eigenvalue weighted by molar-refractivity contribution is -0.135. The SMILES string of the molecule is CCCCCOC(=O)/C(=N/OC)c1ccc(CCl)cc1. The van der Waals surface area contributed by atoms with Gasteiger partial charge in [-0.15, -0.1) is 11.6 Å². The van der Waals surface area contributed by atoms with Gasteiger partial charge in [-0.25, -0.2) is 4.79 Å². The number of benzene rings is 1. The fourth-order valence-electron chi connectivity index (χ4n) is 1.64. The van der Waals surface area contributed by atoms with E-state index in [4.69, 9.17) is 21.2 Å². The largest absolute Gasteiger partial charge is 0.461 e. The first-order valence-electron chi connectivity index (χ1n) is 6.66. The molecular weight excluding hydrogens is 278 g/mol. The summed E-state index contributed by atoms with van der Waals surface area (Å²) in [4.78, 5) is 16.7. The van der Waals surface area contributed by atoms with Crippen LogP contribution in [0.25, 0.3) is 0 Å². The van der Waals surface area contributed by atoms with Crippen LogP contribution in [0.15, 0.2) is 29.4 Å². The van der Waals surface area contributed by atoms with Crippen LogP contribution in [-0.4, -0.2) is 25.4 Å². The molecule has 4 nitrogen and oxygen atoms in total. The molecule has 110 valence electrons. The monoisotopic (exact) mass is 297 g/mol. The van der Waals surface area contributed by atoms with Gasteiger partial charge in [0.1, 0.15) is 7.11 Å². The number of ether oxygens (including phenoxy) is 1. The minimum absolute atomic E-state index is 0.171. The topological polar surface area (TPSA) is 47.9 Å². The van der Waals surface area contributed by atoms with E-state index in [1.807, 2.05) is 12.1 Å². The summed E-state index contributed by atoms with van der Waals surface area (Å²) in [6, 6.07) is 7.25. The van der Waals surface area contributed by atoms with Crippen molar-refractivity contribution in [3.63, 3.8) is 0 Å². The maximum absolute atomic E-state index is 12.0. The number of nitrogens with zero attached hydrogens (tertiary/aromatic N) is 1. The van der Waals surface area contributed by atoms with Crippen LogP contribution in [-0.2, 0) is 20.2 Å². The van der Waals surface area contributed by atoms with Gasteiger partial charge in [0, 0.05) is 11.4 Å². The highest BCUT2D eigenvalue weighted by Crippen LogP contribution is 2.09. The molecule has 0 radical (unpaired) electrons. The maximum atomic E-state index is 12.0. The molecule has 20 heavy (non-hydrogen) atoms. The van der Waals surface area contributed by atoms with E-state index >= 15 is 0 Å². The van der Waals surface area contributed by atoms with Gasteiger partial charge in [-0.1, -0.05) is 49.2 Å². The van der Waals surface area contributed by atoms with Crippen molar-refractivity contribution in [3.8, 4) is 0 Å². The first-order chi connectivity index (χ1) is 9.72. The van der Waals surface area contributed by atoms with E-state index in [9.17, 15) is 4.79 Å². The summed E-state index contributed by atoms with van der Waals surface area (Å²) in [5.41, 5.74) is 1.80. The first kappa shape index (κ1) is 16.5. The highest BCUT2D eigenvalue weighted by molar-refractivity contribution is 6.43. The third-order valence-electron chi connectivity index (χ3n) is 2.74. The molecule has 0 aliphatic rings. The third-order valence-corrected chi connectivity index (χ3v) is 3.05. The van der Waals surface area contributed by atoms with Crippen molar-refractivity contribution in [2.24, 2.45) is 5.16 Å². The van der Waals surface area contributed by atoms with E-state index in [0.717, 1.165) is 24.8 Å². The Morgan fingerprint density at radius 2 is 1.95 bits per heavy atom. The van der Waals surface area contributed by atoms with Crippen molar-refractivity contribution in [2.45, 2.75) is 32.1 Å². The van der Waals surface area contributed by atoms with Crippen LogP contribution in [0.2, 0.25) is 0 Å². The molecule has 0 atom stereocenters. The molecule has 0 heterocycles. The molecule has 5 heteroatoms. The van der Waals surface area contributed by atoms with Crippen molar-refractivity contribution >= 4 is 23.3 Å². The van der Waals surface area contributed by atoms with Crippen LogP contribution in [0.3, 0.4) is 0 Å². The second-order valence-electron chi connectivity index (χ2n) is 4.30. The van der Waals surface area contributed by atoms with E-state index in [1.54, 1.807) is 12.1 Å².